The van der Waals surface area contributed by atoms with Gasteiger partial charge < -0.3 is 5.11 Å². The molecule has 0 radical (unpaired) electrons. The summed E-state index contributed by atoms with van der Waals surface area (Å²) in [6, 6.07) is 5.72. The van der Waals surface area contributed by atoms with Gasteiger partial charge in [0.1, 0.15) is 11.9 Å². The summed E-state index contributed by atoms with van der Waals surface area (Å²) < 4.78 is 15.0. The molecule has 122 valence electrons. The maximum absolute atomic E-state index is 13.1. The number of hydrogen-bond acceptors (Lipinski definition) is 3. The summed E-state index contributed by atoms with van der Waals surface area (Å²) in [6.07, 6.45) is 2.97. The van der Waals surface area contributed by atoms with Crippen LogP contribution in [0, 0.1) is 5.82 Å². The molecule has 1 aliphatic rings. The van der Waals surface area contributed by atoms with Crippen molar-refractivity contribution in [3.63, 3.8) is 0 Å². The van der Waals surface area contributed by atoms with Crippen LogP contribution in [0.4, 0.5) is 4.39 Å². The first-order chi connectivity index (χ1) is 11.0. The zero-order valence-corrected chi connectivity index (χ0v) is 13.3. The number of benzene rings is 1. The van der Waals surface area contributed by atoms with Gasteiger partial charge >= 0.3 is 5.97 Å². The maximum Gasteiger partial charge on any atom is 0.320 e. The fourth-order valence-corrected chi connectivity index (χ4v) is 3.00. The molecule has 6 heteroatoms. The van der Waals surface area contributed by atoms with Crippen LogP contribution >= 0.6 is 0 Å². The van der Waals surface area contributed by atoms with Gasteiger partial charge in [-0.1, -0.05) is 0 Å². The number of hydrogen-bond donors (Lipinski definition) is 1. The Kier molecular flexibility index (Phi) is 4.17. The third-order valence-electron chi connectivity index (χ3n) is 4.50. The first-order valence-electron chi connectivity index (χ1n) is 7.76. The van der Waals surface area contributed by atoms with Crippen molar-refractivity contribution < 1.29 is 14.3 Å². The largest absolute Gasteiger partial charge is 0.480 e. The van der Waals surface area contributed by atoms with E-state index in [0.29, 0.717) is 6.54 Å². The van der Waals surface area contributed by atoms with Gasteiger partial charge in [0.25, 0.3) is 0 Å². The Bertz CT molecular complexity index is 724. The highest BCUT2D eigenvalue weighted by Gasteiger charge is 2.25. The molecule has 0 spiro atoms. The van der Waals surface area contributed by atoms with Gasteiger partial charge in [-0.3, -0.25) is 9.69 Å². The summed E-state index contributed by atoms with van der Waals surface area (Å²) in [7, 11) is 1.79. The van der Waals surface area contributed by atoms with Crippen LogP contribution in [0.2, 0.25) is 0 Å². The predicted molar refractivity (Wildman–Crippen MR) is 84.1 cm³/mol. The number of carbonyl (C=O) groups is 1. The lowest BCUT2D eigenvalue weighted by atomic mass is 10.2. The van der Waals surface area contributed by atoms with Crippen molar-refractivity contribution in [2.24, 2.45) is 0 Å². The zero-order valence-electron chi connectivity index (χ0n) is 13.3. The predicted octanol–water partition coefficient (Wildman–Crippen LogP) is 2.41. The van der Waals surface area contributed by atoms with Crippen LogP contribution in [0.25, 0.3) is 5.69 Å². The number of aromatic nitrogens is 2. The average Bonchev–Trinajstić information content (AvgIpc) is 3.11. The molecule has 0 saturated carbocycles. The topological polar surface area (TPSA) is 58.4 Å². The van der Waals surface area contributed by atoms with Gasteiger partial charge in [-0.15, -0.1) is 0 Å². The molecule has 1 atom stereocenters. The molecular formula is C17H20FN3O2. The Morgan fingerprint density at radius 2 is 2.09 bits per heavy atom. The number of carboxylic acid groups (broad SMARTS) is 1. The summed E-state index contributed by atoms with van der Waals surface area (Å²) in [4.78, 5) is 12.9. The fraction of sp³-hybridized carbons (Fsp3) is 0.412. The van der Waals surface area contributed by atoms with Gasteiger partial charge in [0, 0.05) is 12.2 Å². The van der Waals surface area contributed by atoms with Crippen LogP contribution in [-0.4, -0.2) is 38.8 Å². The molecule has 0 saturated heterocycles. The Hall–Kier alpha value is -2.21. The van der Waals surface area contributed by atoms with Crippen LogP contribution in [0.1, 0.15) is 30.3 Å². The van der Waals surface area contributed by atoms with Gasteiger partial charge in [-0.2, -0.15) is 5.10 Å². The van der Waals surface area contributed by atoms with E-state index >= 15 is 0 Å². The third-order valence-corrected chi connectivity index (χ3v) is 4.50. The molecule has 5 nitrogen and oxygen atoms in total. The van der Waals surface area contributed by atoms with Gasteiger partial charge in [-0.05, 0) is 63.1 Å². The van der Waals surface area contributed by atoms with Crippen molar-refractivity contribution in [2.45, 2.75) is 38.8 Å². The van der Waals surface area contributed by atoms with Gasteiger partial charge in [-0.25, -0.2) is 9.07 Å². The molecule has 1 aliphatic carbocycles. The highest BCUT2D eigenvalue weighted by atomic mass is 19.1. The summed E-state index contributed by atoms with van der Waals surface area (Å²) in [5.41, 5.74) is 4.11. The molecule has 0 fully saturated rings. The van der Waals surface area contributed by atoms with Crippen molar-refractivity contribution in [1.82, 2.24) is 14.7 Å². The molecule has 0 bridgehead atoms. The number of carboxylic acids is 1. The van der Waals surface area contributed by atoms with Gasteiger partial charge in [0.05, 0.1) is 11.4 Å². The van der Waals surface area contributed by atoms with E-state index in [1.807, 2.05) is 4.68 Å². The van der Waals surface area contributed by atoms with Crippen molar-refractivity contribution in [2.75, 3.05) is 7.05 Å². The fourth-order valence-electron chi connectivity index (χ4n) is 3.00. The Balaban J connectivity index is 1.92. The van der Waals surface area contributed by atoms with Crippen LogP contribution in [-0.2, 0) is 24.2 Å². The van der Waals surface area contributed by atoms with Crippen molar-refractivity contribution >= 4 is 5.97 Å². The lowest BCUT2D eigenvalue weighted by Crippen LogP contribution is -2.35. The summed E-state index contributed by atoms with van der Waals surface area (Å²) in [5, 5.41) is 13.8. The summed E-state index contributed by atoms with van der Waals surface area (Å²) in [6.45, 7) is 2.16. The second kappa shape index (κ2) is 6.12. The van der Waals surface area contributed by atoms with Crippen molar-refractivity contribution in [3.05, 3.63) is 47.0 Å². The van der Waals surface area contributed by atoms with Gasteiger partial charge in [0.2, 0.25) is 0 Å². The molecule has 0 amide bonds. The molecule has 0 aliphatic heterocycles. The van der Waals surface area contributed by atoms with Crippen LogP contribution in [0.15, 0.2) is 24.3 Å². The molecule has 2 aromatic rings. The van der Waals surface area contributed by atoms with E-state index in [2.05, 4.69) is 5.10 Å². The molecule has 1 N–H and O–H groups in total. The smallest absolute Gasteiger partial charge is 0.320 e. The monoisotopic (exact) mass is 317 g/mol. The second-order valence-electron chi connectivity index (χ2n) is 6.04. The normalized spacial score (nSPS) is 15.0. The molecule has 1 unspecified atom stereocenters. The highest BCUT2D eigenvalue weighted by Crippen LogP contribution is 2.28. The van der Waals surface area contributed by atoms with Crippen LogP contribution < -0.4 is 0 Å². The quantitative estimate of drug-likeness (QED) is 0.920. The standard InChI is InChI=1S/C17H20FN3O2/c1-11(17(22)23)20(2)10-15-14-4-3-5-16(14)21(19-15)13-8-6-12(18)7-9-13/h6-9,11H,3-5,10H2,1-2H3,(H,22,23). The maximum atomic E-state index is 13.1. The minimum atomic E-state index is -0.845. The van der Waals surface area contributed by atoms with Crippen LogP contribution in [0.3, 0.4) is 0 Å². The summed E-state index contributed by atoms with van der Waals surface area (Å²) in [5.74, 6) is -1.12. The number of rotatable bonds is 5. The first kappa shape index (κ1) is 15.7. The van der Waals surface area contributed by atoms with E-state index in [-0.39, 0.29) is 5.82 Å². The number of aliphatic carboxylic acids is 1. The Morgan fingerprint density at radius 1 is 1.39 bits per heavy atom. The molecular weight excluding hydrogens is 297 g/mol. The molecule has 23 heavy (non-hydrogen) atoms. The lowest BCUT2D eigenvalue weighted by molar-refractivity contribution is -0.142. The minimum Gasteiger partial charge on any atom is -0.480 e. The van der Waals surface area contributed by atoms with E-state index in [9.17, 15) is 9.18 Å². The number of nitrogens with zero attached hydrogens (tertiary/aromatic N) is 3. The number of halogens is 1. The van der Waals surface area contributed by atoms with Crippen molar-refractivity contribution in [3.8, 4) is 5.69 Å². The molecule has 3 rings (SSSR count). The van der Waals surface area contributed by atoms with E-state index in [0.717, 1.165) is 36.3 Å². The Morgan fingerprint density at radius 3 is 2.74 bits per heavy atom. The minimum absolute atomic E-state index is 0.271. The van der Waals surface area contributed by atoms with Crippen molar-refractivity contribution in [1.29, 1.82) is 0 Å². The van der Waals surface area contributed by atoms with E-state index in [4.69, 9.17) is 5.11 Å². The molecule has 1 aromatic heterocycles. The van der Waals surface area contributed by atoms with Crippen LogP contribution in [0.5, 0.6) is 0 Å². The van der Waals surface area contributed by atoms with Gasteiger partial charge in [0.15, 0.2) is 0 Å². The number of likely N-dealkylation sites (N-methyl/N-ethyl adjacent to an activating group) is 1. The Labute approximate surface area is 134 Å². The zero-order chi connectivity index (χ0) is 16.6. The van der Waals surface area contributed by atoms with E-state index in [1.54, 1.807) is 31.0 Å². The van der Waals surface area contributed by atoms with E-state index < -0.39 is 12.0 Å². The second-order valence-corrected chi connectivity index (χ2v) is 6.04. The lowest BCUT2D eigenvalue weighted by Gasteiger charge is -2.20. The first-order valence-corrected chi connectivity index (χ1v) is 7.76. The third kappa shape index (κ3) is 2.99. The molecule has 1 heterocycles. The summed E-state index contributed by atoms with van der Waals surface area (Å²) >= 11 is 0. The highest BCUT2D eigenvalue weighted by molar-refractivity contribution is 5.72. The average molecular weight is 317 g/mol. The SMILES string of the molecule is CC(C(=O)O)N(C)Cc1nn(-c2ccc(F)cc2)c2c1CCC2. The number of fused-ring (bicyclic) bond motifs is 1. The van der Waals surface area contributed by atoms with E-state index in [1.165, 1.54) is 17.7 Å². The molecule has 1 aromatic carbocycles.